The molecule has 0 fully saturated rings. The van der Waals surface area contributed by atoms with E-state index in [2.05, 4.69) is 19.9 Å². The topological polar surface area (TPSA) is 63.7 Å². The average molecular weight is 307 g/mol. The van der Waals surface area contributed by atoms with E-state index in [1.54, 1.807) is 20.1 Å². The van der Waals surface area contributed by atoms with Gasteiger partial charge < -0.3 is 9.72 Å². The van der Waals surface area contributed by atoms with E-state index in [1.165, 1.54) is 11.8 Å². The average Bonchev–Trinajstić information content (AvgIpc) is 2.78. The van der Waals surface area contributed by atoms with Gasteiger partial charge in [0.05, 0.1) is 18.1 Å². The van der Waals surface area contributed by atoms with E-state index >= 15 is 0 Å². The van der Waals surface area contributed by atoms with E-state index in [4.69, 9.17) is 16.3 Å². The number of H-pyrrole nitrogens is 1. The molecule has 1 aromatic carbocycles. The van der Waals surface area contributed by atoms with Crippen molar-refractivity contribution in [3.05, 3.63) is 35.2 Å². The van der Waals surface area contributed by atoms with E-state index in [9.17, 15) is 0 Å². The van der Waals surface area contributed by atoms with E-state index in [0.717, 1.165) is 27.0 Å². The molecule has 102 valence electrons. The Morgan fingerprint density at radius 3 is 2.80 bits per heavy atom. The number of benzene rings is 1. The number of aromatic nitrogens is 4. The number of rotatable bonds is 3. The van der Waals surface area contributed by atoms with Gasteiger partial charge in [-0.25, -0.2) is 15.0 Å². The fraction of sp³-hybridized carbons (Fsp3) is 0.154. The molecule has 0 aliphatic carbocycles. The van der Waals surface area contributed by atoms with E-state index in [0.29, 0.717) is 11.0 Å². The highest BCUT2D eigenvalue weighted by molar-refractivity contribution is 7.99. The second-order valence-electron chi connectivity index (χ2n) is 4.10. The van der Waals surface area contributed by atoms with Crippen LogP contribution in [0, 0.1) is 6.92 Å². The predicted molar refractivity (Wildman–Crippen MR) is 78.5 cm³/mol. The smallest absolute Gasteiger partial charge is 0.172 e. The van der Waals surface area contributed by atoms with Crippen molar-refractivity contribution in [2.24, 2.45) is 0 Å². The van der Waals surface area contributed by atoms with Crippen LogP contribution < -0.4 is 4.74 Å². The molecule has 3 rings (SSSR count). The number of aromatic amines is 1. The first-order valence-electron chi connectivity index (χ1n) is 5.87. The third-order valence-corrected chi connectivity index (χ3v) is 3.65. The van der Waals surface area contributed by atoms with E-state index in [-0.39, 0.29) is 0 Å². The van der Waals surface area contributed by atoms with E-state index < -0.39 is 0 Å². The Labute approximate surface area is 124 Å². The Kier molecular flexibility index (Phi) is 3.50. The van der Waals surface area contributed by atoms with Crippen molar-refractivity contribution in [3.63, 3.8) is 0 Å². The zero-order chi connectivity index (χ0) is 14.1. The van der Waals surface area contributed by atoms with Crippen molar-refractivity contribution in [1.82, 2.24) is 19.9 Å². The SMILES string of the molecule is COc1ccc2nc(Sc3cc(Cl)nc(C)n3)[nH]c2c1. The molecule has 2 aromatic heterocycles. The lowest BCUT2D eigenvalue weighted by atomic mass is 10.3. The Hall–Kier alpha value is -1.79. The maximum Gasteiger partial charge on any atom is 0.172 e. The molecule has 7 heteroatoms. The van der Waals surface area contributed by atoms with Gasteiger partial charge in [0.1, 0.15) is 21.8 Å². The molecule has 3 aromatic rings. The van der Waals surface area contributed by atoms with Crippen LogP contribution in [0.25, 0.3) is 11.0 Å². The maximum absolute atomic E-state index is 5.92. The highest BCUT2D eigenvalue weighted by Gasteiger charge is 2.08. The summed E-state index contributed by atoms with van der Waals surface area (Å²) < 4.78 is 5.19. The minimum absolute atomic E-state index is 0.429. The van der Waals surface area contributed by atoms with Crippen LogP contribution in [0.1, 0.15) is 5.82 Å². The van der Waals surface area contributed by atoms with Crippen LogP contribution in [-0.2, 0) is 0 Å². The number of halogens is 1. The van der Waals surface area contributed by atoms with Gasteiger partial charge in [0.15, 0.2) is 5.16 Å². The molecule has 0 spiro atoms. The molecular weight excluding hydrogens is 296 g/mol. The van der Waals surface area contributed by atoms with Crippen molar-refractivity contribution in [3.8, 4) is 5.75 Å². The normalized spacial score (nSPS) is 10.9. The van der Waals surface area contributed by atoms with Gasteiger partial charge in [0.2, 0.25) is 0 Å². The van der Waals surface area contributed by atoms with Gasteiger partial charge >= 0.3 is 0 Å². The van der Waals surface area contributed by atoms with Gasteiger partial charge in [-0.1, -0.05) is 11.6 Å². The maximum atomic E-state index is 5.92. The quantitative estimate of drug-likeness (QED) is 0.751. The van der Waals surface area contributed by atoms with Gasteiger partial charge in [0, 0.05) is 12.1 Å². The first kappa shape index (κ1) is 13.2. The fourth-order valence-corrected chi connectivity index (χ4v) is 2.94. The van der Waals surface area contributed by atoms with Crippen LogP contribution in [0.5, 0.6) is 5.75 Å². The second-order valence-corrected chi connectivity index (χ2v) is 5.50. The number of methoxy groups -OCH3 is 1. The molecule has 0 saturated heterocycles. The number of fused-ring (bicyclic) bond motifs is 1. The first-order valence-corrected chi connectivity index (χ1v) is 7.06. The molecule has 5 nitrogen and oxygen atoms in total. The van der Waals surface area contributed by atoms with Gasteiger partial charge in [-0.2, -0.15) is 0 Å². The summed E-state index contributed by atoms with van der Waals surface area (Å²) in [6.45, 7) is 1.81. The molecule has 2 heterocycles. The largest absolute Gasteiger partial charge is 0.497 e. The molecule has 0 atom stereocenters. The summed E-state index contributed by atoms with van der Waals surface area (Å²) >= 11 is 7.34. The number of ether oxygens (including phenoxy) is 1. The predicted octanol–water partition coefficient (Wildman–Crippen LogP) is 3.47. The standard InChI is InChI=1S/C13H11ClN4OS/c1-7-15-11(14)6-12(16-7)20-13-17-9-4-3-8(19-2)5-10(9)18-13/h3-6H,1-2H3,(H,17,18). The highest BCUT2D eigenvalue weighted by Crippen LogP contribution is 2.28. The molecule has 0 aliphatic rings. The van der Waals surface area contributed by atoms with E-state index in [1.807, 2.05) is 18.2 Å². The molecule has 0 radical (unpaired) electrons. The van der Waals surface area contributed by atoms with Gasteiger partial charge in [0.25, 0.3) is 0 Å². The number of nitrogens with zero attached hydrogens (tertiary/aromatic N) is 3. The first-order chi connectivity index (χ1) is 9.64. The van der Waals surface area contributed by atoms with Crippen LogP contribution in [0.2, 0.25) is 5.15 Å². The fourth-order valence-electron chi connectivity index (χ4n) is 1.80. The number of hydrogen-bond acceptors (Lipinski definition) is 5. The van der Waals surface area contributed by atoms with Gasteiger partial charge in [-0.05, 0) is 30.8 Å². The summed E-state index contributed by atoms with van der Waals surface area (Å²) in [6.07, 6.45) is 0. The Bertz CT molecular complexity index is 754. The minimum Gasteiger partial charge on any atom is -0.497 e. The molecule has 0 bridgehead atoms. The van der Waals surface area contributed by atoms with Crippen LogP contribution in [-0.4, -0.2) is 27.0 Å². The molecule has 0 unspecified atom stereocenters. The molecule has 0 saturated carbocycles. The summed E-state index contributed by atoms with van der Waals surface area (Å²) in [5, 5.41) is 1.94. The number of hydrogen-bond donors (Lipinski definition) is 1. The molecule has 20 heavy (non-hydrogen) atoms. The summed E-state index contributed by atoms with van der Waals surface area (Å²) in [5.74, 6) is 1.43. The van der Waals surface area contributed by atoms with Crippen molar-refractivity contribution in [2.75, 3.05) is 7.11 Å². The Morgan fingerprint density at radius 1 is 1.20 bits per heavy atom. The number of aryl methyl sites for hydroxylation is 1. The highest BCUT2D eigenvalue weighted by atomic mass is 35.5. The lowest BCUT2D eigenvalue weighted by molar-refractivity contribution is 0.415. The van der Waals surface area contributed by atoms with Crippen molar-refractivity contribution in [1.29, 1.82) is 0 Å². The third kappa shape index (κ3) is 2.71. The second kappa shape index (κ2) is 5.30. The minimum atomic E-state index is 0.429. The Morgan fingerprint density at radius 2 is 2.05 bits per heavy atom. The van der Waals surface area contributed by atoms with Gasteiger partial charge in [-0.3, -0.25) is 0 Å². The lowest BCUT2D eigenvalue weighted by Crippen LogP contribution is -1.90. The summed E-state index contributed by atoms with van der Waals surface area (Å²) in [5.41, 5.74) is 1.80. The number of imidazole rings is 1. The van der Waals surface area contributed by atoms with Crippen LogP contribution in [0.4, 0.5) is 0 Å². The van der Waals surface area contributed by atoms with Crippen LogP contribution in [0.15, 0.2) is 34.4 Å². The monoisotopic (exact) mass is 306 g/mol. The van der Waals surface area contributed by atoms with Crippen molar-refractivity contribution >= 4 is 34.4 Å². The summed E-state index contributed by atoms with van der Waals surface area (Å²) in [6, 6.07) is 7.41. The zero-order valence-corrected chi connectivity index (χ0v) is 12.4. The van der Waals surface area contributed by atoms with Crippen molar-refractivity contribution < 1.29 is 4.74 Å². The molecule has 0 amide bonds. The third-order valence-electron chi connectivity index (χ3n) is 2.65. The Balaban J connectivity index is 1.94. The van der Waals surface area contributed by atoms with Crippen LogP contribution in [0.3, 0.4) is 0 Å². The molecule has 1 N–H and O–H groups in total. The summed E-state index contributed by atoms with van der Waals surface area (Å²) in [7, 11) is 1.64. The zero-order valence-electron chi connectivity index (χ0n) is 10.8. The molecular formula is C13H11ClN4OS. The van der Waals surface area contributed by atoms with Crippen molar-refractivity contribution in [2.45, 2.75) is 17.1 Å². The molecule has 0 aliphatic heterocycles. The van der Waals surface area contributed by atoms with Gasteiger partial charge in [-0.15, -0.1) is 0 Å². The van der Waals surface area contributed by atoms with Crippen LogP contribution >= 0.6 is 23.4 Å². The lowest BCUT2D eigenvalue weighted by Gasteiger charge is -1.99. The summed E-state index contributed by atoms with van der Waals surface area (Å²) in [4.78, 5) is 16.1. The number of nitrogens with one attached hydrogen (secondary N) is 1.